The fourth-order valence-corrected chi connectivity index (χ4v) is 3.17. The number of amides is 1. The second-order valence-corrected chi connectivity index (χ2v) is 7.09. The zero-order valence-electron chi connectivity index (χ0n) is 14.0. The highest BCUT2D eigenvalue weighted by Gasteiger charge is 2.16. The predicted molar refractivity (Wildman–Crippen MR) is 92.4 cm³/mol. The smallest absolute Gasteiger partial charge is 0.255 e. The van der Waals surface area contributed by atoms with Gasteiger partial charge >= 0.3 is 0 Å². The van der Waals surface area contributed by atoms with E-state index in [0.717, 1.165) is 12.1 Å². The van der Waals surface area contributed by atoms with Gasteiger partial charge in [-0.1, -0.05) is 6.07 Å². The van der Waals surface area contributed by atoms with Crippen LogP contribution in [-0.4, -0.2) is 34.6 Å². The topological polar surface area (TPSA) is 84.5 Å². The predicted octanol–water partition coefficient (Wildman–Crippen LogP) is 2.53. The Morgan fingerprint density at radius 2 is 1.69 bits per heavy atom. The van der Waals surface area contributed by atoms with E-state index in [-0.39, 0.29) is 17.0 Å². The van der Waals surface area contributed by atoms with E-state index in [1.165, 1.54) is 37.4 Å². The summed E-state index contributed by atoms with van der Waals surface area (Å²) in [6.07, 6.45) is 0.518. The quantitative estimate of drug-likeness (QED) is 0.685. The van der Waals surface area contributed by atoms with Crippen LogP contribution in [0.5, 0.6) is 0 Å². The molecule has 0 bridgehead atoms. The zero-order valence-corrected chi connectivity index (χ0v) is 14.8. The van der Waals surface area contributed by atoms with Crippen molar-refractivity contribution in [3.8, 4) is 0 Å². The molecule has 26 heavy (non-hydrogen) atoms. The summed E-state index contributed by atoms with van der Waals surface area (Å²) >= 11 is 0. The number of carbonyl (C=O) groups is 1. The molecule has 2 rings (SSSR count). The summed E-state index contributed by atoms with van der Waals surface area (Å²) in [4.78, 5) is 12.1. The van der Waals surface area contributed by atoms with Gasteiger partial charge in [-0.2, -0.15) is 0 Å². The highest BCUT2D eigenvalue weighted by atomic mass is 32.2. The summed E-state index contributed by atoms with van der Waals surface area (Å²) in [5.41, 5.74) is -0.500. The largest absolute Gasteiger partial charge is 0.385 e. The van der Waals surface area contributed by atoms with Gasteiger partial charge in [0.15, 0.2) is 0 Å². The van der Waals surface area contributed by atoms with Crippen molar-refractivity contribution >= 4 is 21.6 Å². The van der Waals surface area contributed by atoms with Crippen LogP contribution >= 0.6 is 0 Å². The third kappa shape index (κ3) is 5.07. The molecule has 0 aromatic heterocycles. The fraction of sp³-hybridized carbons (Fsp3) is 0.235. The van der Waals surface area contributed by atoms with Crippen molar-refractivity contribution < 1.29 is 26.7 Å². The van der Waals surface area contributed by atoms with E-state index < -0.39 is 33.3 Å². The molecular weight excluding hydrogens is 366 g/mol. The van der Waals surface area contributed by atoms with Crippen molar-refractivity contribution in [1.29, 1.82) is 0 Å². The highest BCUT2D eigenvalue weighted by Crippen LogP contribution is 2.19. The van der Waals surface area contributed by atoms with Crippen molar-refractivity contribution in [2.45, 2.75) is 11.3 Å². The number of ether oxygens (including phenoxy) is 1. The molecule has 6 nitrogen and oxygen atoms in total. The van der Waals surface area contributed by atoms with Crippen LogP contribution < -0.4 is 10.0 Å². The maximum Gasteiger partial charge on any atom is 0.255 e. The van der Waals surface area contributed by atoms with Crippen molar-refractivity contribution in [2.75, 3.05) is 25.6 Å². The van der Waals surface area contributed by atoms with Crippen molar-refractivity contribution in [1.82, 2.24) is 4.72 Å². The van der Waals surface area contributed by atoms with Crippen LogP contribution in [0.4, 0.5) is 14.5 Å². The van der Waals surface area contributed by atoms with Gasteiger partial charge in [0.1, 0.15) is 17.3 Å². The third-order valence-electron chi connectivity index (χ3n) is 3.45. The fourth-order valence-electron chi connectivity index (χ4n) is 2.09. The van der Waals surface area contributed by atoms with Crippen LogP contribution in [0.25, 0.3) is 0 Å². The molecule has 1 amide bonds. The van der Waals surface area contributed by atoms with Crippen molar-refractivity contribution in [3.63, 3.8) is 0 Å². The number of anilines is 1. The van der Waals surface area contributed by atoms with Gasteiger partial charge in [0.25, 0.3) is 5.91 Å². The van der Waals surface area contributed by atoms with Gasteiger partial charge in [0.05, 0.1) is 4.90 Å². The Morgan fingerprint density at radius 3 is 2.27 bits per heavy atom. The SMILES string of the molecule is COCCCNS(=O)(=O)c1ccc(C(=O)Nc2c(F)cccc2F)cc1. The Balaban J connectivity index is 2.08. The third-order valence-corrected chi connectivity index (χ3v) is 4.92. The number of hydrogen-bond acceptors (Lipinski definition) is 4. The Kier molecular flexibility index (Phi) is 6.78. The van der Waals surface area contributed by atoms with Gasteiger partial charge in [-0.3, -0.25) is 4.79 Å². The number of sulfonamides is 1. The van der Waals surface area contributed by atoms with Crippen LogP contribution in [0.1, 0.15) is 16.8 Å². The molecule has 0 aliphatic carbocycles. The van der Waals surface area contributed by atoms with Gasteiger partial charge < -0.3 is 10.1 Å². The summed E-state index contributed by atoms with van der Waals surface area (Å²) in [7, 11) is -2.19. The molecule has 0 aliphatic heterocycles. The van der Waals surface area contributed by atoms with E-state index in [4.69, 9.17) is 4.74 Å². The van der Waals surface area contributed by atoms with Crippen molar-refractivity contribution in [3.05, 3.63) is 59.7 Å². The normalized spacial score (nSPS) is 11.3. The first-order chi connectivity index (χ1) is 12.3. The lowest BCUT2D eigenvalue weighted by atomic mass is 10.2. The Bertz CT molecular complexity index is 851. The van der Waals surface area contributed by atoms with E-state index in [9.17, 15) is 22.0 Å². The minimum atomic E-state index is -3.71. The summed E-state index contributed by atoms with van der Waals surface area (Å²) in [5, 5.41) is 2.13. The Labute approximate surface area is 150 Å². The molecule has 0 heterocycles. The van der Waals surface area contributed by atoms with Crippen LogP contribution in [0.2, 0.25) is 0 Å². The van der Waals surface area contributed by atoms with Crippen LogP contribution in [0.3, 0.4) is 0 Å². The lowest BCUT2D eigenvalue weighted by molar-refractivity contribution is 0.102. The molecule has 2 aromatic rings. The van der Waals surface area contributed by atoms with Gasteiger partial charge in [0.2, 0.25) is 10.0 Å². The average Bonchev–Trinajstić information content (AvgIpc) is 2.62. The van der Waals surface area contributed by atoms with Gasteiger partial charge in [-0.05, 0) is 42.8 Å². The molecule has 0 unspecified atom stereocenters. The number of para-hydroxylation sites is 1. The number of hydrogen-bond donors (Lipinski definition) is 2. The van der Waals surface area contributed by atoms with E-state index >= 15 is 0 Å². The monoisotopic (exact) mass is 384 g/mol. The number of nitrogens with one attached hydrogen (secondary N) is 2. The average molecular weight is 384 g/mol. The minimum absolute atomic E-state index is 0.0245. The zero-order chi connectivity index (χ0) is 19.2. The molecule has 0 spiro atoms. The molecule has 2 N–H and O–H groups in total. The van der Waals surface area contributed by atoms with E-state index in [0.29, 0.717) is 13.0 Å². The number of benzene rings is 2. The maximum atomic E-state index is 13.6. The molecule has 2 aromatic carbocycles. The van der Waals surface area contributed by atoms with Crippen LogP contribution in [0.15, 0.2) is 47.4 Å². The second-order valence-electron chi connectivity index (χ2n) is 5.32. The molecule has 0 radical (unpaired) electrons. The molecular formula is C17H18F2N2O4S. The summed E-state index contributed by atoms with van der Waals surface area (Å²) < 4.78 is 58.6. The standard InChI is InChI=1S/C17H18F2N2O4S/c1-25-11-3-10-20-26(23,24)13-8-6-12(7-9-13)17(22)21-16-14(18)4-2-5-15(16)19/h2,4-9,20H,3,10-11H2,1H3,(H,21,22). The van der Waals surface area contributed by atoms with Gasteiger partial charge in [-0.15, -0.1) is 0 Å². The van der Waals surface area contributed by atoms with E-state index in [1.54, 1.807) is 0 Å². The molecule has 0 saturated carbocycles. The Hall–Kier alpha value is -2.36. The molecule has 0 saturated heterocycles. The first-order valence-corrected chi connectivity index (χ1v) is 9.17. The molecule has 0 aliphatic rings. The van der Waals surface area contributed by atoms with Gasteiger partial charge in [-0.25, -0.2) is 21.9 Å². The Morgan fingerprint density at radius 1 is 1.08 bits per heavy atom. The highest BCUT2D eigenvalue weighted by molar-refractivity contribution is 7.89. The summed E-state index contributed by atoms with van der Waals surface area (Å²) in [6.45, 7) is 0.638. The summed E-state index contributed by atoms with van der Waals surface area (Å²) in [6, 6.07) is 8.22. The second kappa shape index (κ2) is 8.84. The minimum Gasteiger partial charge on any atom is -0.385 e. The van der Waals surface area contributed by atoms with Crippen LogP contribution in [0, 0.1) is 11.6 Å². The molecule has 0 atom stereocenters. The number of methoxy groups -OCH3 is 1. The summed E-state index contributed by atoms with van der Waals surface area (Å²) in [5.74, 6) is -2.57. The van der Waals surface area contributed by atoms with Gasteiger partial charge in [0, 0.05) is 25.8 Å². The first-order valence-electron chi connectivity index (χ1n) is 7.69. The van der Waals surface area contributed by atoms with E-state index in [2.05, 4.69) is 10.0 Å². The number of halogens is 2. The molecule has 140 valence electrons. The molecule has 9 heteroatoms. The van der Waals surface area contributed by atoms with Crippen molar-refractivity contribution in [2.24, 2.45) is 0 Å². The number of carbonyl (C=O) groups excluding carboxylic acids is 1. The maximum absolute atomic E-state index is 13.6. The lowest BCUT2D eigenvalue weighted by Crippen LogP contribution is -2.25. The number of rotatable bonds is 8. The molecule has 0 fully saturated rings. The lowest BCUT2D eigenvalue weighted by Gasteiger charge is -2.09. The first kappa shape index (κ1) is 20.0. The van der Waals surface area contributed by atoms with E-state index in [1.807, 2.05) is 0 Å². The van der Waals surface area contributed by atoms with Crippen LogP contribution in [-0.2, 0) is 14.8 Å².